The van der Waals surface area contributed by atoms with Crippen molar-refractivity contribution in [3.8, 4) is 0 Å². The average molecular weight is 288 g/mol. The van der Waals surface area contributed by atoms with Gasteiger partial charge in [0.2, 0.25) is 5.91 Å². The zero-order valence-electron chi connectivity index (χ0n) is 10.6. The van der Waals surface area contributed by atoms with E-state index in [1.165, 1.54) is 6.07 Å². The summed E-state index contributed by atoms with van der Waals surface area (Å²) < 4.78 is 13.3. The lowest BCUT2D eigenvalue weighted by atomic mass is 10.3. The number of amides is 1. The SMILES string of the molecule is Cl.N[C@H]1CCN(CCC(=O)Nc2ccccc2F)C1. The van der Waals surface area contributed by atoms with E-state index in [9.17, 15) is 9.18 Å². The number of likely N-dealkylation sites (tertiary alicyclic amines) is 1. The van der Waals surface area contributed by atoms with Gasteiger partial charge in [-0.25, -0.2) is 4.39 Å². The van der Waals surface area contributed by atoms with E-state index in [1.54, 1.807) is 18.2 Å². The van der Waals surface area contributed by atoms with Gasteiger partial charge >= 0.3 is 0 Å². The lowest BCUT2D eigenvalue weighted by Gasteiger charge is -2.14. The molecule has 3 N–H and O–H groups in total. The Morgan fingerprint density at radius 3 is 2.84 bits per heavy atom. The molecule has 1 atom stereocenters. The molecule has 0 saturated carbocycles. The van der Waals surface area contributed by atoms with E-state index in [4.69, 9.17) is 5.73 Å². The van der Waals surface area contributed by atoms with Crippen LogP contribution in [0.1, 0.15) is 12.8 Å². The van der Waals surface area contributed by atoms with Crippen molar-refractivity contribution in [3.05, 3.63) is 30.1 Å². The van der Waals surface area contributed by atoms with Crippen LogP contribution in [0.5, 0.6) is 0 Å². The van der Waals surface area contributed by atoms with Crippen LogP contribution in [0.25, 0.3) is 0 Å². The number of nitrogens with one attached hydrogen (secondary N) is 1. The number of nitrogens with zero attached hydrogens (tertiary/aromatic N) is 1. The number of carbonyl (C=O) groups is 1. The maximum atomic E-state index is 13.3. The van der Waals surface area contributed by atoms with Crippen molar-refractivity contribution < 1.29 is 9.18 Å². The molecule has 1 heterocycles. The zero-order chi connectivity index (χ0) is 13.0. The normalized spacial score (nSPS) is 18.9. The van der Waals surface area contributed by atoms with E-state index in [0.717, 1.165) is 19.5 Å². The lowest BCUT2D eigenvalue weighted by molar-refractivity contribution is -0.116. The van der Waals surface area contributed by atoms with Crippen LogP contribution in [0.15, 0.2) is 24.3 Å². The molecule has 19 heavy (non-hydrogen) atoms. The Labute approximate surface area is 118 Å². The van der Waals surface area contributed by atoms with E-state index in [-0.39, 0.29) is 30.0 Å². The highest BCUT2D eigenvalue weighted by atomic mass is 35.5. The summed E-state index contributed by atoms with van der Waals surface area (Å²) in [6.07, 6.45) is 1.34. The first kappa shape index (κ1) is 15.9. The van der Waals surface area contributed by atoms with Gasteiger partial charge in [-0.2, -0.15) is 0 Å². The fourth-order valence-corrected chi connectivity index (χ4v) is 2.10. The zero-order valence-corrected chi connectivity index (χ0v) is 11.5. The Morgan fingerprint density at radius 1 is 1.47 bits per heavy atom. The number of hydrogen-bond donors (Lipinski definition) is 2. The summed E-state index contributed by atoms with van der Waals surface area (Å²) in [6.45, 7) is 2.45. The summed E-state index contributed by atoms with van der Waals surface area (Å²) >= 11 is 0. The molecule has 0 bridgehead atoms. The lowest BCUT2D eigenvalue weighted by Crippen LogP contribution is -2.29. The highest BCUT2D eigenvalue weighted by Gasteiger charge is 2.19. The molecule has 1 aromatic rings. The van der Waals surface area contributed by atoms with E-state index < -0.39 is 5.82 Å². The molecule has 0 unspecified atom stereocenters. The molecule has 106 valence electrons. The fourth-order valence-electron chi connectivity index (χ4n) is 2.10. The Hall–Kier alpha value is -1.17. The van der Waals surface area contributed by atoms with Gasteiger partial charge in [-0.15, -0.1) is 12.4 Å². The van der Waals surface area contributed by atoms with E-state index in [0.29, 0.717) is 13.0 Å². The Kier molecular flexibility index (Phi) is 6.21. The molecule has 0 radical (unpaired) electrons. The van der Waals surface area contributed by atoms with Crippen LogP contribution >= 0.6 is 12.4 Å². The van der Waals surface area contributed by atoms with Crippen LogP contribution < -0.4 is 11.1 Å². The second kappa shape index (κ2) is 7.43. The number of halogens is 2. The predicted molar refractivity (Wildman–Crippen MR) is 75.9 cm³/mol. The average Bonchev–Trinajstić information content (AvgIpc) is 2.76. The van der Waals surface area contributed by atoms with Gasteiger partial charge in [-0.3, -0.25) is 4.79 Å². The molecule has 1 amide bonds. The largest absolute Gasteiger partial charge is 0.326 e. The first-order chi connectivity index (χ1) is 8.65. The minimum Gasteiger partial charge on any atom is -0.326 e. The van der Waals surface area contributed by atoms with Crippen LogP contribution in [0.3, 0.4) is 0 Å². The molecule has 0 aliphatic carbocycles. The highest BCUT2D eigenvalue weighted by molar-refractivity contribution is 5.90. The second-order valence-corrected chi connectivity index (χ2v) is 4.63. The molecule has 0 spiro atoms. The number of nitrogens with two attached hydrogens (primary N) is 1. The van der Waals surface area contributed by atoms with Gasteiger partial charge in [-0.05, 0) is 25.1 Å². The van der Waals surface area contributed by atoms with E-state index >= 15 is 0 Å². The van der Waals surface area contributed by atoms with E-state index in [2.05, 4.69) is 10.2 Å². The maximum Gasteiger partial charge on any atom is 0.225 e. The number of anilines is 1. The Balaban J connectivity index is 0.00000180. The smallest absolute Gasteiger partial charge is 0.225 e. The van der Waals surface area contributed by atoms with Gasteiger partial charge in [0.1, 0.15) is 5.82 Å². The first-order valence-electron chi connectivity index (χ1n) is 6.17. The molecular weight excluding hydrogens is 269 g/mol. The molecule has 4 nitrogen and oxygen atoms in total. The summed E-state index contributed by atoms with van der Waals surface area (Å²) in [6, 6.07) is 6.39. The van der Waals surface area contributed by atoms with Crippen molar-refractivity contribution in [2.45, 2.75) is 18.9 Å². The second-order valence-electron chi connectivity index (χ2n) is 4.63. The maximum absolute atomic E-state index is 13.3. The molecule has 1 saturated heterocycles. The number of benzene rings is 1. The number of carbonyl (C=O) groups excluding carboxylic acids is 1. The third-order valence-electron chi connectivity index (χ3n) is 3.11. The van der Waals surface area contributed by atoms with E-state index in [1.807, 2.05) is 0 Å². The van der Waals surface area contributed by atoms with Crippen LogP contribution in [0.2, 0.25) is 0 Å². The van der Waals surface area contributed by atoms with Gasteiger partial charge < -0.3 is 16.0 Å². The van der Waals surface area contributed by atoms with Gasteiger partial charge in [-0.1, -0.05) is 12.1 Å². The number of rotatable bonds is 4. The third-order valence-corrected chi connectivity index (χ3v) is 3.11. The van der Waals surface area contributed by atoms with Crippen molar-refractivity contribution in [1.82, 2.24) is 4.90 Å². The molecule has 6 heteroatoms. The van der Waals surface area contributed by atoms with Gasteiger partial charge in [0.05, 0.1) is 5.69 Å². The minimum absolute atomic E-state index is 0. The van der Waals surface area contributed by atoms with Crippen molar-refractivity contribution in [2.75, 3.05) is 25.0 Å². The molecule has 0 aromatic heterocycles. The molecular formula is C13H19ClFN3O. The quantitative estimate of drug-likeness (QED) is 0.884. The predicted octanol–water partition coefficient (Wildman–Crippen LogP) is 1.61. The summed E-state index contributed by atoms with van der Waals surface area (Å²) in [5.41, 5.74) is 6.02. The topological polar surface area (TPSA) is 58.4 Å². The van der Waals surface area contributed by atoms with Crippen molar-refractivity contribution >= 4 is 24.0 Å². The molecule has 1 aliphatic rings. The first-order valence-corrected chi connectivity index (χ1v) is 6.17. The van der Waals surface area contributed by atoms with Crippen LogP contribution in [0.4, 0.5) is 10.1 Å². The van der Waals surface area contributed by atoms with Crippen molar-refractivity contribution in [1.29, 1.82) is 0 Å². The Morgan fingerprint density at radius 2 is 2.21 bits per heavy atom. The van der Waals surface area contributed by atoms with Crippen LogP contribution in [-0.4, -0.2) is 36.5 Å². The Bertz CT molecular complexity index is 430. The molecule has 1 fully saturated rings. The standard InChI is InChI=1S/C13H18FN3O.ClH/c14-11-3-1-2-4-12(11)16-13(18)6-8-17-7-5-10(15)9-17;/h1-4,10H,5-9,15H2,(H,16,18);1H/t10-;/m0./s1. The monoisotopic (exact) mass is 287 g/mol. The van der Waals surface area contributed by atoms with Crippen molar-refractivity contribution in [2.24, 2.45) is 5.73 Å². The van der Waals surface area contributed by atoms with Crippen LogP contribution in [-0.2, 0) is 4.79 Å². The number of hydrogen-bond acceptors (Lipinski definition) is 3. The third kappa shape index (κ3) is 4.78. The highest BCUT2D eigenvalue weighted by Crippen LogP contribution is 2.13. The molecule has 1 aromatic carbocycles. The van der Waals surface area contributed by atoms with Gasteiger partial charge in [0.25, 0.3) is 0 Å². The van der Waals surface area contributed by atoms with Gasteiger partial charge in [0, 0.05) is 25.6 Å². The number of para-hydroxylation sites is 1. The molecule has 2 rings (SSSR count). The summed E-state index contributed by atoms with van der Waals surface area (Å²) in [5.74, 6) is -0.574. The summed E-state index contributed by atoms with van der Waals surface area (Å²) in [4.78, 5) is 13.8. The van der Waals surface area contributed by atoms with Crippen LogP contribution in [0, 0.1) is 5.82 Å². The molecule has 1 aliphatic heterocycles. The van der Waals surface area contributed by atoms with Gasteiger partial charge in [0.15, 0.2) is 0 Å². The minimum atomic E-state index is -0.408. The summed E-state index contributed by atoms with van der Waals surface area (Å²) in [5, 5.41) is 2.57. The van der Waals surface area contributed by atoms with Crippen molar-refractivity contribution in [3.63, 3.8) is 0 Å². The fraction of sp³-hybridized carbons (Fsp3) is 0.462. The summed E-state index contributed by atoms with van der Waals surface area (Å²) in [7, 11) is 0.